The molecule has 0 heterocycles. The van der Waals surface area contributed by atoms with E-state index in [0.717, 1.165) is 6.92 Å². The van der Waals surface area contributed by atoms with Gasteiger partial charge in [0.2, 0.25) is 0 Å². The highest BCUT2D eigenvalue weighted by Gasteiger charge is 2.00. The summed E-state index contributed by atoms with van der Waals surface area (Å²) in [6.07, 6.45) is 19.3. The van der Waals surface area contributed by atoms with Gasteiger partial charge in [-0.25, -0.2) is 0 Å². The highest BCUT2D eigenvalue weighted by Crippen LogP contribution is 2.10. The monoisotopic (exact) mass is 290 g/mol. The maximum atomic E-state index is 8.89. The molecule has 0 bridgehead atoms. The number of hydrogen-bond acceptors (Lipinski definition) is 2. The molecule has 0 saturated heterocycles. The number of hydrogen-bond donors (Lipinski definition) is 0. The molecule has 0 N–H and O–H groups in total. The van der Waals surface area contributed by atoms with Crippen LogP contribution in [0.5, 0.6) is 0 Å². The lowest BCUT2D eigenvalue weighted by molar-refractivity contribution is -0.302. The van der Waals surface area contributed by atoms with Crippen LogP contribution in [0.4, 0.5) is 0 Å². The van der Waals surface area contributed by atoms with Gasteiger partial charge in [0.1, 0.15) is 5.75 Å². The third kappa shape index (κ3) is 31.9. The Hall–Kier alpha value is -0.180. The van der Waals surface area contributed by atoms with E-state index < -0.39 is 5.97 Å². The molecule has 0 unspecified atom stereocenters. The highest BCUT2D eigenvalue weighted by molar-refractivity contribution is 7.95. The minimum absolute atomic E-state index is 0.672. The summed E-state index contributed by atoms with van der Waals surface area (Å²) in [6.45, 7) is 3.26. The molecule has 0 fully saturated rings. The summed E-state index contributed by atoms with van der Waals surface area (Å²) in [5.41, 5.74) is 0. The van der Waals surface area contributed by atoms with Crippen molar-refractivity contribution in [1.82, 2.24) is 0 Å². The second kappa shape index (κ2) is 17.8. The van der Waals surface area contributed by atoms with E-state index in [4.69, 9.17) is 9.90 Å². The molecule has 0 radical (unpaired) electrons. The summed E-state index contributed by atoms with van der Waals surface area (Å²) in [4.78, 5) is 8.89. The number of carboxylic acid groups (broad SMARTS) is 1. The van der Waals surface area contributed by atoms with Crippen LogP contribution in [0.25, 0.3) is 0 Å². The molecule has 0 rings (SSSR count). The van der Waals surface area contributed by atoms with Crippen molar-refractivity contribution in [2.24, 2.45) is 0 Å². The van der Waals surface area contributed by atoms with Crippen LogP contribution >= 0.6 is 0 Å². The lowest BCUT2D eigenvalue weighted by atomic mass is 10.1. The number of carbonyl (C=O) groups is 1. The Morgan fingerprint density at radius 1 is 0.842 bits per heavy atom. The molecule has 0 aliphatic carbocycles. The van der Waals surface area contributed by atoms with Gasteiger partial charge in [-0.1, -0.05) is 58.3 Å². The van der Waals surface area contributed by atoms with Gasteiger partial charge in [-0.15, -0.1) is 0 Å². The molecule has 0 atom stereocenters. The minimum Gasteiger partial charge on any atom is -0.550 e. The van der Waals surface area contributed by atoms with Gasteiger partial charge in [-0.2, -0.15) is 0 Å². The van der Waals surface area contributed by atoms with E-state index in [1.165, 1.54) is 70.0 Å². The topological polar surface area (TPSA) is 40.1 Å². The SMILES string of the molecule is CC(=O)[O-].CCCCCCCCCCCC[S+](C)C. The fourth-order valence-corrected chi connectivity index (χ4v) is 2.66. The maximum absolute atomic E-state index is 8.89. The normalized spacial score (nSPS) is 10.2. The lowest BCUT2D eigenvalue weighted by Crippen LogP contribution is -2.16. The Labute approximate surface area is 123 Å². The van der Waals surface area contributed by atoms with Crippen LogP contribution in [-0.4, -0.2) is 24.2 Å². The van der Waals surface area contributed by atoms with Gasteiger partial charge in [0.25, 0.3) is 0 Å². The van der Waals surface area contributed by atoms with E-state index in [2.05, 4.69) is 19.4 Å². The third-order valence-electron chi connectivity index (χ3n) is 2.91. The van der Waals surface area contributed by atoms with Crippen molar-refractivity contribution in [3.05, 3.63) is 0 Å². The molecule has 116 valence electrons. The van der Waals surface area contributed by atoms with Crippen LogP contribution in [0.15, 0.2) is 0 Å². The average molecular weight is 291 g/mol. The molecule has 0 aromatic rings. The Balaban J connectivity index is 0. The fraction of sp³-hybridized carbons (Fsp3) is 0.938. The minimum atomic E-state index is -1.08. The van der Waals surface area contributed by atoms with Gasteiger partial charge >= 0.3 is 0 Å². The van der Waals surface area contributed by atoms with Crippen molar-refractivity contribution in [2.45, 2.75) is 78.1 Å². The number of rotatable bonds is 11. The van der Waals surface area contributed by atoms with Crippen molar-refractivity contribution in [2.75, 3.05) is 18.3 Å². The molecular formula is C16H34O2S. The Morgan fingerprint density at radius 2 is 1.16 bits per heavy atom. The summed E-state index contributed by atoms with van der Waals surface area (Å²) in [6, 6.07) is 0. The van der Waals surface area contributed by atoms with Crippen molar-refractivity contribution >= 4 is 16.9 Å². The molecule has 0 aliphatic rings. The molecule has 19 heavy (non-hydrogen) atoms. The molecular weight excluding hydrogens is 256 g/mol. The van der Waals surface area contributed by atoms with Crippen LogP contribution < -0.4 is 5.11 Å². The Morgan fingerprint density at radius 3 is 1.47 bits per heavy atom. The number of aliphatic carboxylic acids is 1. The van der Waals surface area contributed by atoms with Crippen molar-refractivity contribution in [1.29, 1.82) is 0 Å². The predicted molar refractivity (Wildman–Crippen MR) is 86.6 cm³/mol. The Bertz CT molecular complexity index is 178. The van der Waals surface area contributed by atoms with E-state index >= 15 is 0 Å². The van der Waals surface area contributed by atoms with Crippen LogP contribution in [0, 0.1) is 0 Å². The van der Waals surface area contributed by atoms with Gasteiger partial charge in [0, 0.05) is 5.97 Å². The number of carbonyl (C=O) groups excluding carboxylic acids is 1. The number of carboxylic acids is 1. The summed E-state index contributed by atoms with van der Waals surface area (Å²) < 4.78 is 0. The van der Waals surface area contributed by atoms with E-state index in [9.17, 15) is 0 Å². The second-order valence-corrected chi connectivity index (χ2v) is 7.74. The molecule has 0 aromatic heterocycles. The molecule has 3 heteroatoms. The van der Waals surface area contributed by atoms with Crippen LogP contribution in [-0.2, 0) is 15.7 Å². The zero-order chi connectivity index (χ0) is 14.9. The van der Waals surface area contributed by atoms with Gasteiger partial charge in [0.15, 0.2) is 0 Å². The highest BCUT2D eigenvalue weighted by atomic mass is 32.2. The Kier molecular flexibility index (Phi) is 19.8. The summed E-state index contributed by atoms with van der Waals surface area (Å²) in [7, 11) is 0.672. The van der Waals surface area contributed by atoms with E-state index in [1.807, 2.05) is 0 Å². The predicted octanol–water partition coefficient (Wildman–Crippen LogP) is 3.54. The molecule has 0 aliphatic heterocycles. The standard InChI is InChI=1S/C14H31S.C2H4O2/c1-4-5-6-7-8-9-10-11-12-13-14-15(2)3;1-2(3)4/h4-14H2,1-3H3;1H3,(H,3,4)/q+1;/p-1. The van der Waals surface area contributed by atoms with Crippen LogP contribution in [0.3, 0.4) is 0 Å². The summed E-state index contributed by atoms with van der Waals surface area (Å²) in [5.74, 6) is 0.372. The second-order valence-electron chi connectivity index (χ2n) is 5.36. The van der Waals surface area contributed by atoms with Crippen molar-refractivity contribution in [3.8, 4) is 0 Å². The molecule has 0 spiro atoms. The quantitative estimate of drug-likeness (QED) is 0.431. The smallest absolute Gasteiger partial charge is 0.107 e. The first-order chi connectivity index (χ1) is 9.00. The first kappa shape index (κ1) is 21.1. The van der Waals surface area contributed by atoms with E-state index in [0.29, 0.717) is 10.9 Å². The first-order valence-electron chi connectivity index (χ1n) is 7.72. The fourth-order valence-electron chi connectivity index (χ4n) is 1.88. The maximum Gasteiger partial charge on any atom is 0.107 e. The summed E-state index contributed by atoms with van der Waals surface area (Å²) in [5, 5.41) is 8.89. The third-order valence-corrected chi connectivity index (χ3v) is 4.01. The van der Waals surface area contributed by atoms with Crippen LogP contribution in [0.2, 0.25) is 0 Å². The lowest BCUT2D eigenvalue weighted by Gasteiger charge is -2.01. The average Bonchev–Trinajstić information content (AvgIpc) is 2.30. The van der Waals surface area contributed by atoms with Gasteiger partial charge in [-0.3, -0.25) is 0 Å². The van der Waals surface area contributed by atoms with Crippen LogP contribution in [0.1, 0.15) is 78.1 Å². The molecule has 2 nitrogen and oxygen atoms in total. The van der Waals surface area contributed by atoms with E-state index in [1.54, 1.807) is 0 Å². The number of unbranched alkanes of at least 4 members (excludes halogenated alkanes) is 9. The largest absolute Gasteiger partial charge is 0.550 e. The van der Waals surface area contributed by atoms with E-state index in [-0.39, 0.29) is 0 Å². The van der Waals surface area contributed by atoms with Gasteiger partial charge in [-0.05, 0) is 30.7 Å². The van der Waals surface area contributed by atoms with Gasteiger partial charge < -0.3 is 9.90 Å². The van der Waals surface area contributed by atoms with Gasteiger partial charge in [0.05, 0.1) is 12.5 Å². The molecule has 0 aromatic carbocycles. The molecule has 0 amide bonds. The van der Waals surface area contributed by atoms with Crippen molar-refractivity contribution in [3.63, 3.8) is 0 Å². The summed E-state index contributed by atoms with van der Waals surface area (Å²) >= 11 is 0. The zero-order valence-electron chi connectivity index (χ0n) is 13.5. The van der Waals surface area contributed by atoms with Crippen molar-refractivity contribution < 1.29 is 9.90 Å². The molecule has 0 saturated carbocycles. The zero-order valence-corrected chi connectivity index (χ0v) is 14.3. The first-order valence-corrected chi connectivity index (χ1v) is 9.93.